The highest BCUT2D eigenvalue weighted by Gasteiger charge is 2.13. The molecule has 1 unspecified atom stereocenters. The summed E-state index contributed by atoms with van der Waals surface area (Å²) < 4.78 is 29.1. The summed E-state index contributed by atoms with van der Waals surface area (Å²) in [5, 5.41) is 16.5. The van der Waals surface area contributed by atoms with Gasteiger partial charge < -0.3 is 30.0 Å². The van der Waals surface area contributed by atoms with E-state index in [-0.39, 0.29) is 12.4 Å². The predicted molar refractivity (Wildman–Crippen MR) is 110 cm³/mol. The van der Waals surface area contributed by atoms with Crippen LogP contribution in [-0.2, 0) is 6.54 Å². The van der Waals surface area contributed by atoms with Crippen molar-refractivity contribution < 1.29 is 23.7 Å². The van der Waals surface area contributed by atoms with Crippen molar-refractivity contribution in [3.05, 3.63) is 53.3 Å². The van der Waals surface area contributed by atoms with Gasteiger partial charge in [0.25, 0.3) is 0 Å². The van der Waals surface area contributed by atoms with Gasteiger partial charge in [0.2, 0.25) is 5.75 Å². The molecule has 29 heavy (non-hydrogen) atoms. The van der Waals surface area contributed by atoms with E-state index >= 15 is 0 Å². The summed E-state index contributed by atoms with van der Waals surface area (Å²) >= 11 is 0. The van der Waals surface area contributed by atoms with Gasteiger partial charge in [-0.2, -0.15) is 0 Å². The van der Waals surface area contributed by atoms with Crippen LogP contribution < -0.4 is 24.8 Å². The van der Waals surface area contributed by atoms with E-state index in [9.17, 15) is 9.50 Å². The number of methoxy groups -OCH3 is 3. The summed E-state index contributed by atoms with van der Waals surface area (Å²) in [5.74, 6) is 1.84. The minimum atomic E-state index is -0.791. The lowest BCUT2D eigenvalue weighted by atomic mass is 10.1. The van der Waals surface area contributed by atoms with E-state index in [1.807, 2.05) is 19.1 Å². The first-order valence-corrected chi connectivity index (χ1v) is 9.26. The van der Waals surface area contributed by atoms with Gasteiger partial charge in [0.05, 0.1) is 34.0 Å². The molecule has 8 heteroatoms. The second-order valence-corrected chi connectivity index (χ2v) is 6.18. The maximum Gasteiger partial charge on any atom is 0.203 e. The Labute approximate surface area is 170 Å². The monoisotopic (exact) mass is 405 g/mol. The summed E-state index contributed by atoms with van der Waals surface area (Å²) in [5.41, 5.74) is 1.50. The average Bonchev–Trinajstić information content (AvgIpc) is 2.74. The van der Waals surface area contributed by atoms with Crippen LogP contribution in [0.25, 0.3) is 0 Å². The Morgan fingerprint density at radius 3 is 2.17 bits per heavy atom. The zero-order chi connectivity index (χ0) is 21.2. The smallest absolute Gasteiger partial charge is 0.203 e. The van der Waals surface area contributed by atoms with E-state index < -0.39 is 6.10 Å². The van der Waals surface area contributed by atoms with Crippen molar-refractivity contribution in [2.75, 3.05) is 34.4 Å². The third kappa shape index (κ3) is 6.25. The number of nitrogens with zero attached hydrogens (tertiary/aromatic N) is 1. The number of benzene rings is 2. The topological polar surface area (TPSA) is 84.3 Å². The molecule has 0 spiro atoms. The zero-order valence-electron chi connectivity index (χ0n) is 17.2. The second-order valence-electron chi connectivity index (χ2n) is 6.18. The summed E-state index contributed by atoms with van der Waals surface area (Å²) in [6, 6.07) is 9.43. The number of hydrogen-bond acceptors (Lipinski definition) is 5. The number of ether oxygens (including phenoxy) is 3. The average molecular weight is 405 g/mol. The summed E-state index contributed by atoms with van der Waals surface area (Å²) in [4.78, 5) is 4.54. The van der Waals surface area contributed by atoms with Crippen LogP contribution in [0.4, 0.5) is 4.39 Å². The molecular formula is C21H28FN3O4. The number of rotatable bonds is 9. The van der Waals surface area contributed by atoms with E-state index in [4.69, 9.17) is 14.2 Å². The van der Waals surface area contributed by atoms with Gasteiger partial charge >= 0.3 is 0 Å². The molecule has 0 aliphatic carbocycles. The molecule has 2 aromatic rings. The standard InChI is InChI=1S/C21H28FN3O4/c1-5-23-21(25-13-17(26)15-6-8-16(22)9-7-15)24-12-14-10-18(27-2)20(29-4)19(11-14)28-3/h6-11,17,26H,5,12-13H2,1-4H3,(H2,23,24,25). The Morgan fingerprint density at radius 1 is 1.03 bits per heavy atom. The molecule has 0 fully saturated rings. The van der Waals surface area contributed by atoms with Gasteiger partial charge in [-0.1, -0.05) is 12.1 Å². The molecule has 0 aromatic heterocycles. The Balaban J connectivity index is 2.09. The Bertz CT molecular complexity index is 787. The predicted octanol–water partition coefficient (Wildman–Crippen LogP) is 2.64. The van der Waals surface area contributed by atoms with E-state index in [1.165, 1.54) is 12.1 Å². The molecule has 0 radical (unpaired) electrons. The first-order chi connectivity index (χ1) is 14.0. The molecule has 0 aliphatic rings. The van der Waals surface area contributed by atoms with Crippen LogP contribution in [0.2, 0.25) is 0 Å². The van der Waals surface area contributed by atoms with Crippen molar-refractivity contribution in [1.82, 2.24) is 10.6 Å². The summed E-state index contributed by atoms with van der Waals surface area (Å²) in [6.07, 6.45) is -0.791. The van der Waals surface area contributed by atoms with Crippen LogP contribution in [0, 0.1) is 5.82 Å². The highest BCUT2D eigenvalue weighted by molar-refractivity contribution is 5.79. The highest BCUT2D eigenvalue weighted by atomic mass is 19.1. The van der Waals surface area contributed by atoms with Crippen molar-refractivity contribution in [1.29, 1.82) is 0 Å². The Hall–Kier alpha value is -3.00. The lowest BCUT2D eigenvalue weighted by molar-refractivity contribution is 0.180. The van der Waals surface area contributed by atoms with Gasteiger partial charge in [-0.3, -0.25) is 0 Å². The van der Waals surface area contributed by atoms with Gasteiger partial charge in [0.1, 0.15) is 5.82 Å². The molecule has 0 bridgehead atoms. The molecule has 2 rings (SSSR count). The molecule has 3 N–H and O–H groups in total. The van der Waals surface area contributed by atoms with Crippen molar-refractivity contribution in [3.8, 4) is 17.2 Å². The van der Waals surface area contributed by atoms with Crippen molar-refractivity contribution in [2.45, 2.75) is 19.6 Å². The Kier molecular flexibility index (Phi) is 8.54. The van der Waals surface area contributed by atoms with Gasteiger partial charge in [0, 0.05) is 13.1 Å². The lowest BCUT2D eigenvalue weighted by Gasteiger charge is -2.16. The van der Waals surface area contributed by atoms with E-state index in [0.717, 1.165) is 5.56 Å². The number of guanidine groups is 1. The largest absolute Gasteiger partial charge is 0.493 e. The molecule has 0 saturated heterocycles. The first kappa shape index (κ1) is 22.3. The maximum atomic E-state index is 13.0. The summed E-state index contributed by atoms with van der Waals surface area (Å²) in [7, 11) is 4.68. The van der Waals surface area contributed by atoms with Crippen LogP contribution in [0.15, 0.2) is 41.4 Å². The number of hydrogen-bond donors (Lipinski definition) is 3. The number of aliphatic hydroxyl groups is 1. The van der Waals surface area contributed by atoms with E-state index in [1.54, 1.807) is 33.5 Å². The summed E-state index contributed by atoms with van der Waals surface area (Å²) in [6.45, 7) is 3.20. The fraction of sp³-hybridized carbons (Fsp3) is 0.381. The zero-order valence-corrected chi connectivity index (χ0v) is 17.2. The molecule has 0 amide bonds. The molecule has 0 aliphatic heterocycles. The van der Waals surface area contributed by atoms with Crippen LogP contribution in [0.5, 0.6) is 17.2 Å². The van der Waals surface area contributed by atoms with Crippen LogP contribution >= 0.6 is 0 Å². The SMILES string of the molecule is CCNC(=NCc1cc(OC)c(OC)c(OC)c1)NCC(O)c1ccc(F)cc1. The molecule has 1 atom stereocenters. The minimum absolute atomic E-state index is 0.229. The molecular weight excluding hydrogens is 377 g/mol. The van der Waals surface area contributed by atoms with Crippen molar-refractivity contribution in [2.24, 2.45) is 4.99 Å². The molecule has 158 valence electrons. The number of nitrogens with one attached hydrogen (secondary N) is 2. The quantitative estimate of drug-likeness (QED) is 0.439. The third-order valence-electron chi connectivity index (χ3n) is 4.21. The van der Waals surface area contributed by atoms with Gasteiger partial charge in [0.15, 0.2) is 17.5 Å². The Morgan fingerprint density at radius 2 is 1.66 bits per heavy atom. The first-order valence-electron chi connectivity index (χ1n) is 9.26. The third-order valence-corrected chi connectivity index (χ3v) is 4.21. The number of aliphatic imine (C=N–C) groups is 1. The molecule has 2 aromatic carbocycles. The fourth-order valence-electron chi connectivity index (χ4n) is 2.73. The van der Waals surface area contributed by atoms with Crippen molar-refractivity contribution >= 4 is 5.96 Å². The van der Waals surface area contributed by atoms with E-state index in [2.05, 4.69) is 15.6 Å². The van der Waals surface area contributed by atoms with Gasteiger partial charge in [-0.15, -0.1) is 0 Å². The highest BCUT2D eigenvalue weighted by Crippen LogP contribution is 2.38. The lowest BCUT2D eigenvalue weighted by Crippen LogP contribution is -2.39. The van der Waals surface area contributed by atoms with Crippen LogP contribution in [0.1, 0.15) is 24.2 Å². The normalized spacial score (nSPS) is 12.3. The minimum Gasteiger partial charge on any atom is -0.493 e. The number of aliphatic hydroxyl groups excluding tert-OH is 1. The molecule has 0 heterocycles. The van der Waals surface area contributed by atoms with Crippen LogP contribution in [-0.4, -0.2) is 45.5 Å². The second kappa shape index (κ2) is 11.1. The van der Waals surface area contributed by atoms with E-state index in [0.29, 0.717) is 41.9 Å². The van der Waals surface area contributed by atoms with Gasteiger partial charge in [-0.05, 0) is 42.3 Å². The molecule has 0 saturated carbocycles. The van der Waals surface area contributed by atoms with Crippen LogP contribution in [0.3, 0.4) is 0 Å². The number of halogens is 1. The fourth-order valence-corrected chi connectivity index (χ4v) is 2.73. The molecule has 7 nitrogen and oxygen atoms in total. The van der Waals surface area contributed by atoms with Gasteiger partial charge in [-0.25, -0.2) is 9.38 Å². The van der Waals surface area contributed by atoms with Crippen molar-refractivity contribution in [3.63, 3.8) is 0 Å². The maximum absolute atomic E-state index is 13.0.